The monoisotopic (exact) mass is 742 g/mol. The number of benzene rings is 2. The Morgan fingerprint density at radius 2 is 1.29 bits per heavy atom. The van der Waals surface area contributed by atoms with Crippen LogP contribution in [0.5, 0.6) is 11.8 Å². The molecule has 15 heteroatoms. The van der Waals surface area contributed by atoms with E-state index in [0.717, 1.165) is 66.6 Å². The fourth-order valence-corrected chi connectivity index (χ4v) is 7.74. The van der Waals surface area contributed by atoms with E-state index >= 15 is 0 Å². The number of fused-ring (bicyclic) bond motifs is 2. The van der Waals surface area contributed by atoms with Crippen molar-refractivity contribution in [3.8, 4) is 34.0 Å². The van der Waals surface area contributed by atoms with Crippen molar-refractivity contribution in [1.29, 1.82) is 0 Å². The summed E-state index contributed by atoms with van der Waals surface area (Å²) >= 11 is 5.08. The van der Waals surface area contributed by atoms with Crippen LogP contribution in [0.15, 0.2) is 66.1 Å². The Kier molecular flexibility index (Phi) is 9.98. The van der Waals surface area contributed by atoms with Gasteiger partial charge < -0.3 is 9.47 Å². The normalized spacial score (nSPS) is 13.3. The van der Waals surface area contributed by atoms with Gasteiger partial charge in [-0.05, 0) is 119 Å². The number of halogens is 1. The minimum Gasteiger partial charge on any atom is -0.481 e. The summed E-state index contributed by atoms with van der Waals surface area (Å²) < 4.78 is 33.9. The van der Waals surface area contributed by atoms with E-state index in [2.05, 4.69) is 64.6 Å². The van der Waals surface area contributed by atoms with E-state index in [9.17, 15) is 8.42 Å². The highest BCUT2D eigenvalue weighted by Crippen LogP contribution is 2.37. The van der Waals surface area contributed by atoms with Gasteiger partial charge in [0.2, 0.25) is 16.5 Å². The van der Waals surface area contributed by atoms with Gasteiger partial charge in [0.1, 0.15) is 11.6 Å². The van der Waals surface area contributed by atoms with Gasteiger partial charge in [-0.25, -0.2) is 28.4 Å². The van der Waals surface area contributed by atoms with Gasteiger partial charge in [-0.1, -0.05) is 24.3 Å². The molecule has 2 aliphatic carbocycles. The Hall–Kier alpha value is -4.92. The molecule has 2 aliphatic rings. The molecule has 4 heterocycles. The van der Waals surface area contributed by atoms with Crippen molar-refractivity contribution >= 4 is 32.0 Å². The molecule has 3 N–H and O–H groups in total. The molecule has 6 aromatic rings. The molecule has 0 bridgehead atoms. The maximum Gasteiger partial charge on any atom is 0.298 e. The van der Waals surface area contributed by atoms with Crippen LogP contribution >= 0.6 is 22.9 Å². The van der Waals surface area contributed by atoms with Gasteiger partial charge in [-0.15, -0.1) is 5.10 Å². The average molecular weight is 743 g/mol. The van der Waals surface area contributed by atoms with Gasteiger partial charge in [0.15, 0.2) is 0 Å². The number of rotatable bonds is 9. The number of nitrogens with zero attached hydrogens (tertiary/aromatic N) is 5. The topological polar surface area (TPSA) is 164 Å². The summed E-state index contributed by atoms with van der Waals surface area (Å²) in [5, 5.41) is 12.0. The first-order valence-electron chi connectivity index (χ1n) is 16.5. The standard InChI is InChI=1S/C18H17ClN4O3S.C18H18N4OS/c1-26-17-9-12(7-8-20-17)14-6-5-11-3-2-4-13(11)15(14)10-16-21-18(23-22-16)27(19,24)25;1-23-17-9-12(7-8-19-17)14-6-5-11-3-2-4-13(11)15(14)10-16-20-18(24)22-21-16/h5-9H,2-4,10H2,1H3,(H,21,22,23);5-9H,2-4,10H2,1H3,(H2,20,21,22,24). The van der Waals surface area contributed by atoms with Crippen LogP contribution in [-0.2, 0) is 47.6 Å². The molecule has 51 heavy (non-hydrogen) atoms. The van der Waals surface area contributed by atoms with Gasteiger partial charge in [-0.2, -0.15) is 0 Å². The van der Waals surface area contributed by atoms with E-state index in [1.165, 1.54) is 39.8 Å². The van der Waals surface area contributed by atoms with Crippen LogP contribution in [0.3, 0.4) is 0 Å². The molecule has 0 atom stereocenters. The van der Waals surface area contributed by atoms with E-state index in [1.807, 2.05) is 24.3 Å². The third-order valence-electron chi connectivity index (χ3n) is 9.28. The van der Waals surface area contributed by atoms with E-state index in [1.54, 1.807) is 26.6 Å². The third kappa shape index (κ3) is 7.58. The van der Waals surface area contributed by atoms with Gasteiger partial charge in [-0.3, -0.25) is 15.3 Å². The highest BCUT2D eigenvalue weighted by atomic mass is 35.7. The molecule has 0 radical (unpaired) electrons. The summed E-state index contributed by atoms with van der Waals surface area (Å²) in [6.07, 6.45) is 11.3. The number of hydrogen-bond acceptors (Lipinski definition) is 10. The minimum absolute atomic E-state index is 0.404. The minimum atomic E-state index is -3.96. The van der Waals surface area contributed by atoms with Crippen molar-refractivity contribution in [3.63, 3.8) is 0 Å². The van der Waals surface area contributed by atoms with E-state index in [-0.39, 0.29) is 0 Å². The van der Waals surface area contributed by atoms with E-state index < -0.39 is 14.2 Å². The first-order chi connectivity index (χ1) is 24.7. The van der Waals surface area contributed by atoms with Crippen LogP contribution < -0.4 is 9.47 Å². The molecule has 0 spiro atoms. The lowest BCUT2D eigenvalue weighted by molar-refractivity contribution is 0.398. The van der Waals surface area contributed by atoms with Crippen molar-refractivity contribution in [3.05, 3.63) is 111 Å². The van der Waals surface area contributed by atoms with E-state index in [4.69, 9.17) is 32.4 Å². The second kappa shape index (κ2) is 14.7. The Balaban J connectivity index is 0.000000160. The molecule has 0 unspecified atom stereocenters. The quantitative estimate of drug-likeness (QED) is 0.110. The van der Waals surface area contributed by atoms with Gasteiger partial charge in [0, 0.05) is 48.1 Å². The number of ether oxygens (including phenoxy) is 2. The molecule has 2 aromatic carbocycles. The lowest BCUT2D eigenvalue weighted by Gasteiger charge is -2.15. The summed E-state index contributed by atoms with van der Waals surface area (Å²) in [4.78, 5) is 16.8. The third-order valence-corrected chi connectivity index (χ3v) is 10.5. The van der Waals surface area contributed by atoms with Crippen molar-refractivity contribution in [1.82, 2.24) is 40.3 Å². The summed E-state index contributed by atoms with van der Waals surface area (Å²) in [6, 6.07) is 16.5. The van der Waals surface area contributed by atoms with Gasteiger partial charge in [0.05, 0.1) is 14.2 Å². The highest BCUT2D eigenvalue weighted by molar-refractivity contribution is 8.13. The Labute approximate surface area is 304 Å². The van der Waals surface area contributed by atoms with E-state index in [0.29, 0.717) is 28.8 Å². The maximum atomic E-state index is 11.4. The smallest absolute Gasteiger partial charge is 0.298 e. The zero-order valence-corrected chi connectivity index (χ0v) is 30.4. The number of methoxy groups -OCH3 is 2. The molecule has 0 amide bonds. The summed E-state index contributed by atoms with van der Waals surface area (Å²) in [7, 11) is 4.59. The second-order valence-corrected chi connectivity index (χ2v) is 15.2. The number of H-pyrrole nitrogens is 3. The predicted molar refractivity (Wildman–Crippen MR) is 195 cm³/mol. The number of pyridine rings is 2. The van der Waals surface area contributed by atoms with Crippen LogP contribution in [0, 0.1) is 4.77 Å². The molecule has 262 valence electrons. The Bertz CT molecular complexity index is 2390. The summed E-state index contributed by atoms with van der Waals surface area (Å²) in [6.45, 7) is 0. The van der Waals surface area contributed by atoms with Crippen LogP contribution in [0.4, 0.5) is 0 Å². The Morgan fingerprint density at radius 3 is 1.76 bits per heavy atom. The molecule has 8 rings (SSSR count). The lowest BCUT2D eigenvalue weighted by Crippen LogP contribution is -2.01. The molecule has 0 saturated carbocycles. The number of aromatic amines is 3. The SMILES string of the molecule is COc1cc(-c2ccc3c(c2Cc2nc(=S)[nH][nH]2)CCC3)ccn1.COc1cc(-c2ccc3c(c2Cc2nc(S(=O)(=O)Cl)n[nH]2)CCC3)ccn1. The fourth-order valence-electron chi connectivity index (χ4n) is 7.00. The predicted octanol–water partition coefficient (Wildman–Crippen LogP) is 6.50. The van der Waals surface area contributed by atoms with Crippen LogP contribution in [0.1, 0.15) is 57.9 Å². The summed E-state index contributed by atoms with van der Waals surface area (Å²) in [5.41, 5.74) is 12.3. The molecular weight excluding hydrogens is 708 g/mol. The largest absolute Gasteiger partial charge is 0.481 e. The molecule has 4 aromatic heterocycles. The molecule has 0 aliphatic heterocycles. The zero-order valence-electron chi connectivity index (χ0n) is 28.0. The van der Waals surface area contributed by atoms with Crippen molar-refractivity contribution in [2.45, 2.75) is 56.5 Å². The Morgan fingerprint density at radius 1 is 0.745 bits per heavy atom. The number of aryl methyl sites for hydroxylation is 2. The van der Waals surface area contributed by atoms with Crippen molar-refractivity contribution in [2.24, 2.45) is 0 Å². The van der Waals surface area contributed by atoms with Crippen LogP contribution in [0.25, 0.3) is 22.3 Å². The average Bonchev–Trinajstić information content (AvgIpc) is 3.97. The second-order valence-electron chi connectivity index (χ2n) is 12.3. The molecular formula is C36H35ClN8O4S2. The number of hydrogen-bond donors (Lipinski definition) is 3. The zero-order chi connectivity index (χ0) is 35.5. The highest BCUT2D eigenvalue weighted by Gasteiger charge is 2.23. The number of nitrogens with one attached hydrogen (secondary N) is 3. The maximum absolute atomic E-state index is 11.4. The first-order valence-corrected chi connectivity index (χ1v) is 19.2. The summed E-state index contributed by atoms with van der Waals surface area (Å²) in [5.74, 6) is 2.48. The van der Waals surface area contributed by atoms with Crippen LogP contribution in [-0.4, -0.2) is 63.0 Å². The van der Waals surface area contributed by atoms with Gasteiger partial charge >= 0.3 is 0 Å². The number of aromatic nitrogens is 8. The fraction of sp³-hybridized carbons (Fsp3) is 0.278. The molecule has 0 fully saturated rings. The van der Waals surface area contributed by atoms with Crippen LogP contribution in [0.2, 0.25) is 0 Å². The lowest BCUT2D eigenvalue weighted by atomic mass is 9.91. The van der Waals surface area contributed by atoms with Crippen molar-refractivity contribution in [2.75, 3.05) is 14.2 Å². The molecule has 12 nitrogen and oxygen atoms in total. The van der Waals surface area contributed by atoms with Gasteiger partial charge in [0.25, 0.3) is 14.2 Å². The molecule has 0 saturated heterocycles. The first kappa shape index (κ1) is 34.5. The van der Waals surface area contributed by atoms with Crippen molar-refractivity contribution < 1.29 is 17.9 Å².